The van der Waals surface area contributed by atoms with Crippen LogP contribution >= 0.6 is 34.8 Å². The lowest BCUT2D eigenvalue weighted by atomic mass is 10.3. The molecule has 0 fully saturated rings. The SMILES string of the molecule is CCNCC(O)COc1c(Cl)cc(Cl)cc1Cl. The first-order valence-corrected chi connectivity index (χ1v) is 6.34. The van der Waals surface area contributed by atoms with Crippen molar-refractivity contribution in [2.24, 2.45) is 0 Å². The van der Waals surface area contributed by atoms with Gasteiger partial charge in [-0.25, -0.2) is 0 Å². The Morgan fingerprint density at radius 3 is 2.41 bits per heavy atom. The zero-order valence-electron chi connectivity index (χ0n) is 9.34. The van der Waals surface area contributed by atoms with Crippen LogP contribution in [0, 0.1) is 0 Å². The van der Waals surface area contributed by atoms with E-state index >= 15 is 0 Å². The summed E-state index contributed by atoms with van der Waals surface area (Å²) in [6, 6.07) is 3.09. The lowest BCUT2D eigenvalue weighted by Crippen LogP contribution is -2.31. The van der Waals surface area contributed by atoms with Crippen molar-refractivity contribution in [3.05, 3.63) is 27.2 Å². The minimum atomic E-state index is -0.613. The minimum Gasteiger partial charge on any atom is -0.488 e. The van der Waals surface area contributed by atoms with Crippen molar-refractivity contribution in [2.45, 2.75) is 13.0 Å². The van der Waals surface area contributed by atoms with Crippen LogP contribution in [0.15, 0.2) is 12.1 Å². The zero-order chi connectivity index (χ0) is 12.8. The van der Waals surface area contributed by atoms with Gasteiger partial charge in [-0.3, -0.25) is 0 Å². The summed E-state index contributed by atoms with van der Waals surface area (Å²) in [4.78, 5) is 0. The molecule has 2 N–H and O–H groups in total. The Bertz CT molecular complexity index is 351. The molecule has 0 aliphatic heterocycles. The third-order valence-corrected chi connectivity index (χ3v) is 2.79. The summed E-state index contributed by atoms with van der Waals surface area (Å²) in [5.41, 5.74) is 0. The molecule has 1 aromatic carbocycles. The van der Waals surface area contributed by atoms with Crippen molar-refractivity contribution < 1.29 is 9.84 Å². The molecule has 0 saturated heterocycles. The quantitative estimate of drug-likeness (QED) is 0.848. The zero-order valence-corrected chi connectivity index (χ0v) is 11.6. The molecule has 0 radical (unpaired) electrons. The fourth-order valence-electron chi connectivity index (χ4n) is 1.22. The summed E-state index contributed by atoms with van der Waals surface area (Å²) in [6.07, 6.45) is -0.613. The highest BCUT2D eigenvalue weighted by Crippen LogP contribution is 2.35. The molecule has 0 aliphatic rings. The molecule has 17 heavy (non-hydrogen) atoms. The molecule has 0 amide bonds. The van der Waals surface area contributed by atoms with Crippen LogP contribution in [0.3, 0.4) is 0 Å². The number of nitrogens with one attached hydrogen (secondary N) is 1. The van der Waals surface area contributed by atoms with E-state index in [0.717, 1.165) is 6.54 Å². The third kappa shape index (κ3) is 4.90. The Morgan fingerprint density at radius 2 is 1.88 bits per heavy atom. The Kier molecular flexibility index (Phi) is 6.38. The first-order valence-electron chi connectivity index (χ1n) is 5.20. The average Bonchev–Trinajstić information content (AvgIpc) is 2.24. The summed E-state index contributed by atoms with van der Waals surface area (Å²) < 4.78 is 5.37. The van der Waals surface area contributed by atoms with Crippen molar-refractivity contribution in [3.8, 4) is 5.75 Å². The van der Waals surface area contributed by atoms with Gasteiger partial charge in [0.2, 0.25) is 0 Å². The van der Waals surface area contributed by atoms with Crippen LogP contribution in [-0.2, 0) is 0 Å². The molecular weight excluding hydrogens is 284 g/mol. The predicted octanol–water partition coefficient (Wildman–Crippen LogP) is 3.00. The van der Waals surface area contributed by atoms with Crippen LogP contribution in [0.25, 0.3) is 0 Å². The van der Waals surface area contributed by atoms with Crippen molar-refractivity contribution in [1.29, 1.82) is 0 Å². The number of halogens is 3. The Morgan fingerprint density at radius 1 is 1.29 bits per heavy atom. The van der Waals surface area contributed by atoms with Gasteiger partial charge in [-0.1, -0.05) is 41.7 Å². The van der Waals surface area contributed by atoms with Gasteiger partial charge in [-0.2, -0.15) is 0 Å². The summed E-state index contributed by atoms with van der Waals surface area (Å²) >= 11 is 17.6. The van der Waals surface area contributed by atoms with E-state index < -0.39 is 6.10 Å². The normalized spacial score (nSPS) is 12.5. The van der Waals surface area contributed by atoms with Crippen molar-refractivity contribution >= 4 is 34.8 Å². The molecule has 1 aromatic rings. The maximum atomic E-state index is 9.58. The molecule has 0 aliphatic carbocycles. The van der Waals surface area contributed by atoms with E-state index in [1.807, 2.05) is 6.92 Å². The molecular formula is C11H14Cl3NO2. The molecule has 1 atom stereocenters. The summed E-state index contributed by atoms with van der Waals surface area (Å²) in [5.74, 6) is 0.341. The van der Waals surface area contributed by atoms with Gasteiger partial charge in [0.1, 0.15) is 12.7 Å². The molecule has 96 valence electrons. The van der Waals surface area contributed by atoms with E-state index in [4.69, 9.17) is 39.5 Å². The second-order valence-corrected chi connectivity index (χ2v) is 4.72. The molecule has 0 spiro atoms. The smallest absolute Gasteiger partial charge is 0.156 e. The van der Waals surface area contributed by atoms with E-state index in [0.29, 0.717) is 27.4 Å². The van der Waals surface area contributed by atoms with E-state index in [9.17, 15) is 5.11 Å². The van der Waals surface area contributed by atoms with Gasteiger partial charge in [-0.05, 0) is 18.7 Å². The van der Waals surface area contributed by atoms with Crippen LogP contribution < -0.4 is 10.1 Å². The van der Waals surface area contributed by atoms with Gasteiger partial charge in [0, 0.05) is 11.6 Å². The number of aliphatic hydroxyl groups excluding tert-OH is 1. The van der Waals surface area contributed by atoms with Gasteiger partial charge in [0.25, 0.3) is 0 Å². The maximum absolute atomic E-state index is 9.58. The largest absolute Gasteiger partial charge is 0.488 e. The molecule has 1 unspecified atom stereocenters. The van der Waals surface area contributed by atoms with Gasteiger partial charge in [0.05, 0.1) is 10.0 Å². The highest BCUT2D eigenvalue weighted by atomic mass is 35.5. The van der Waals surface area contributed by atoms with Gasteiger partial charge >= 0.3 is 0 Å². The van der Waals surface area contributed by atoms with E-state index in [1.54, 1.807) is 12.1 Å². The van der Waals surface area contributed by atoms with Gasteiger partial charge < -0.3 is 15.2 Å². The first kappa shape index (κ1) is 14.9. The summed E-state index contributed by atoms with van der Waals surface area (Å²) in [5, 5.41) is 13.7. The fourth-order valence-corrected chi connectivity index (χ4v) is 2.14. The monoisotopic (exact) mass is 297 g/mol. The molecule has 3 nitrogen and oxygen atoms in total. The third-order valence-electron chi connectivity index (χ3n) is 2.01. The van der Waals surface area contributed by atoms with Crippen LogP contribution in [0.1, 0.15) is 6.92 Å². The van der Waals surface area contributed by atoms with Crippen LogP contribution in [0.2, 0.25) is 15.1 Å². The second kappa shape index (κ2) is 7.29. The number of ether oxygens (including phenoxy) is 1. The summed E-state index contributed by atoms with van der Waals surface area (Å²) in [6.45, 7) is 3.33. The van der Waals surface area contributed by atoms with Crippen molar-refractivity contribution in [2.75, 3.05) is 19.7 Å². The Balaban J connectivity index is 2.57. The molecule has 0 aromatic heterocycles. The van der Waals surface area contributed by atoms with E-state index in [-0.39, 0.29) is 6.61 Å². The number of benzene rings is 1. The molecule has 0 saturated carbocycles. The molecule has 0 heterocycles. The molecule has 0 bridgehead atoms. The predicted molar refractivity (Wildman–Crippen MR) is 71.5 cm³/mol. The van der Waals surface area contributed by atoms with E-state index in [2.05, 4.69) is 5.32 Å². The second-order valence-electron chi connectivity index (χ2n) is 3.47. The lowest BCUT2D eigenvalue weighted by Gasteiger charge is -2.14. The molecule has 6 heteroatoms. The topological polar surface area (TPSA) is 41.5 Å². The van der Waals surface area contributed by atoms with Crippen LogP contribution in [0.4, 0.5) is 0 Å². The van der Waals surface area contributed by atoms with Gasteiger partial charge in [-0.15, -0.1) is 0 Å². The highest BCUT2D eigenvalue weighted by molar-refractivity contribution is 6.40. The maximum Gasteiger partial charge on any atom is 0.156 e. The first-order chi connectivity index (χ1) is 8.04. The standard InChI is InChI=1S/C11H14Cl3NO2/c1-2-15-5-8(16)6-17-11-9(13)3-7(12)4-10(11)14/h3-4,8,15-16H,2,5-6H2,1H3. The van der Waals surface area contributed by atoms with E-state index in [1.165, 1.54) is 0 Å². The number of rotatable bonds is 6. The fraction of sp³-hybridized carbons (Fsp3) is 0.455. The van der Waals surface area contributed by atoms with Crippen molar-refractivity contribution in [3.63, 3.8) is 0 Å². The Labute approximate surface area is 116 Å². The van der Waals surface area contributed by atoms with Crippen LogP contribution in [-0.4, -0.2) is 30.9 Å². The average molecular weight is 299 g/mol. The number of aliphatic hydroxyl groups is 1. The molecule has 1 rings (SSSR count). The van der Waals surface area contributed by atoms with Gasteiger partial charge in [0.15, 0.2) is 5.75 Å². The minimum absolute atomic E-state index is 0.119. The van der Waals surface area contributed by atoms with Crippen LogP contribution in [0.5, 0.6) is 5.75 Å². The highest BCUT2D eigenvalue weighted by Gasteiger charge is 2.11. The summed E-state index contributed by atoms with van der Waals surface area (Å²) in [7, 11) is 0. The number of hydrogen-bond donors (Lipinski definition) is 2. The number of hydrogen-bond acceptors (Lipinski definition) is 3. The van der Waals surface area contributed by atoms with Crippen molar-refractivity contribution in [1.82, 2.24) is 5.32 Å². The Hall–Kier alpha value is -0.190. The lowest BCUT2D eigenvalue weighted by molar-refractivity contribution is 0.107. The number of likely N-dealkylation sites (N-methyl/N-ethyl adjacent to an activating group) is 1.